The van der Waals surface area contributed by atoms with Gasteiger partial charge in [0, 0.05) is 17.5 Å². The van der Waals surface area contributed by atoms with E-state index in [1.807, 2.05) is 24.3 Å². The highest BCUT2D eigenvalue weighted by Gasteiger charge is 2.34. The van der Waals surface area contributed by atoms with Crippen LogP contribution < -0.4 is 5.32 Å². The number of carbonyl (C=O) groups is 1. The monoisotopic (exact) mass is 384 g/mol. The van der Waals surface area contributed by atoms with Gasteiger partial charge in [-0.3, -0.25) is 9.79 Å². The fraction of sp³-hybridized carbons (Fsp3) is 0.0833. The molecule has 2 N–H and O–H groups in total. The summed E-state index contributed by atoms with van der Waals surface area (Å²) < 4.78 is 13.4. The van der Waals surface area contributed by atoms with Crippen LogP contribution in [0.2, 0.25) is 0 Å². The molecule has 0 spiro atoms. The SMILES string of the molecule is O=C1C(C2=Nc3ccccc3N[C@H](c3ccc(F)cc3)C2)=C(O)c2ccccc21. The topological polar surface area (TPSA) is 61.7 Å². The Kier molecular flexibility index (Phi) is 4.02. The number of anilines is 1. The number of aliphatic hydroxyl groups excluding tert-OH is 1. The minimum absolute atomic E-state index is 0.0402. The second-order valence-electron chi connectivity index (χ2n) is 7.13. The largest absolute Gasteiger partial charge is 0.506 e. The Bertz CT molecular complexity index is 1200. The van der Waals surface area contributed by atoms with Crippen molar-refractivity contribution in [3.63, 3.8) is 0 Å². The number of hydrogen-bond donors (Lipinski definition) is 2. The number of nitrogens with one attached hydrogen (secondary N) is 1. The first-order valence-corrected chi connectivity index (χ1v) is 9.38. The van der Waals surface area contributed by atoms with E-state index in [2.05, 4.69) is 5.32 Å². The van der Waals surface area contributed by atoms with Gasteiger partial charge in [-0.1, -0.05) is 48.5 Å². The van der Waals surface area contributed by atoms with Crippen LogP contribution in [0, 0.1) is 5.82 Å². The number of nitrogens with zero attached hydrogens (tertiary/aromatic N) is 1. The van der Waals surface area contributed by atoms with E-state index in [9.17, 15) is 14.3 Å². The van der Waals surface area contributed by atoms with E-state index in [4.69, 9.17) is 4.99 Å². The normalized spacial score (nSPS) is 17.9. The summed E-state index contributed by atoms with van der Waals surface area (Å²) in [5.41, 5.74) is 4.13. The molecule has 1 heterocycles. The molecule has 1 aliphatic carbocycles. The molecule has 3 aromatic carbocycles. The van der Waals surface area contributed by atoms with E-state index in [1.54, 1.807) is 36.4 Å². The summed E-state index contributed by atoms with van der Waals surface area (Å²) >= 11 is 0. The summed E-state index contributed by atoms with van der Waals surface area (Å²) in [6.07, 6.45) is 0.374. The standard InChI is InChI=1S/C24H17FN2O2/c25-15-11-9-14(10-12-15)20-13-21(27-19-8-4-3-7-18(19)26-20)22-23(28)16-5-1-2-6-17(16)24(22)29/h1-12,20,26,28H,13H2/t20-/m0/s1. The number of carbonyl (C=O) groups excluding carboxylic acids is 1. The van der Waals surface area contributed by atoms with Crippen molar-refractivity contribution >= 4 is 28.6 Å². The summed E-state index contributed by atoms with van der Waals surface area (Å²) in [5, 5.41) is 14.3. The predicted molar refractivity (Wildman–Crippen MR) is 111 cm³/mol. The van der Waals surface area contributed by atoms with Crippen molar-refractivity contribution in [1.29, 1.82) is 0 Å². The van der Waals surface area contributed by atoms with E-state index < -0.39 is 0 Å². The first-order chi connectivity index (χ1) is 14.1. The number of aliphatic imine (C=N–C) groups is 1. The Morgan fingerprint density at radius 3 is 2.38 bits per heavy atom. The summed E-state index contributed by atoms with van der Waals surface area (Å²) in [5.74, 6) is -0.575. The smallest absolute Gasteiger partial charge is 0.199 e. The maximum absolute atomic E-state index is 13.4. The lowest BCUT2D eigenvalue weighted by molar-refractivity contribution is 0.104. The molecule has 5 heteroatoms. The van der Waals surface area contributed by atoms with E-state index in [0.717, 1.165) is 11.3 Å². The van der Waals surface area contributed by atoms with Crippen LogP contribution in [-0.2, 0) is 0 Å². The summed E-state index contributed by atoms with van der Waals surface area (Å²) in [7, 11) is 0. The van der Waals surface area contributed by atoms with Gasteiger partial charge in [0.2, 0.25) is 0 Å². The second kappa shape index (κ2) is 6.71. The zero-order valence-corrected chi connectivity index (χ0v) is 15.4. The van der Waals surface area contributed by atoms with Crippen LogP contribution in [0.15, 0.2) is 83.4 Å². The van der Waals surface area contributed by atoms with Crippen LogP contribution in [0.5, 0.6) is 0 Å². The van der Waals surface area contributed by atoms with Gasteiger partial charge in [0.05, 0.1) is 28.7 Å². The zero-order valence-electron chi connectivity index (χ0n) is 15.4. The number of halogens is 1. The average Bonchev–Trinajstić information content (AvgIpc) is 2.88. The molecule has 0 bridgehead atoms. The Balaban J connectivity index is 1.64. The van der Waals surface area contributed by atoms with Gasteiger partial charge in [-0.15, -0.1) is 0 Å². The van der Waals surface area contributed by atoms with Crippen molar-refractivity contribution in [2.75, 3.05) is 5.32 Å². The van der Waals surface area contributed by atoms with Gasteiger partial charge >= 0.3 is 0 Å². The molecule has 29 heavy (non-hydrogen) atoms. The molecular weight excluding hydrogens is 367 g/mol. The number of ketones is 1. The van der Waals surface area contributed by atoms with Crippen LogP contribution in [0.25, 0.3) is 5.76 Å². The Morgan fingerprint density at radius 2 is 1.62 bits per heavy atom. The second-order valence-corrected chi connectivity index (χ2v) is 7.13. The molecule has 0 radical (unpaired) electrons. The summed E-state index contributed by atoms with van der Waals surface area (Å²) in [6.45, 7) is 0. The van der Waals surface area contributed by atoms with Gasteiger partial charge in [0.1, 0.15) is 11.6 Å². The van der Waals surface area contributed by atoms with E-state index >= 15 is 0 Å². The third-order valence-electron chi connectivity index (χ3n) is 5.34. The summed E-state index contributed by atoms with van der Waals surface area (Å²) in [4.78, 5) is 17.8. The molecule has 0 unspecified atom stereocenters. The van der Waals surface area contributed by atoms with Crippen molar-refractivity contribution < 1.29 is 14.3 Å². The number of benzene rings is 3. The minimum Gasteiger partial charge on any atom is -0.506 e. The van der Waals surface area contributed by atoms with Crippen molar-refractivity contribution in [3.8, 4) is 0 Å². The lowest BCUT2D eigenvalue weighted by Crippen LogP contribution is -2.17. The third-order valence-corrected chi connectivity index (χ3v) is 5.34. The Morgan fingerprint density at radius 1 is 0.931 bits per heavy atom. The highest BCUT2D eigenvalue weighted by Crippen LogP contribution is 2.39. The highest BCUT2D eigenvalue weighted by atomic mass is 19.1. The molecule has 5 rings (SSSR count). The third kappa shape index (κ3) is 2.91. The van der Waals surface area contributed by atoms with Gasteiger partial charge < -0.3 is 10.4 Å². The predicted octanol–water partition coefficient (Wildman–Crippen LogP) is 5.62. The van der Waals surface area contributed by atoms with Gasteiger partial charge in [0.25, 0.3) is 0 Å². The minimum atomic E-state index is -0.307. The van der Waals surface area contributed by atoms with Crippen molar-refractivity contribution in [3.05, 3.63) is 101 Å². The van der Waals surface area contributed by atoms with Gasteiger partial charge in [-0.2, -0.15) is 0 Å². The first-order valence-electron chi connectivity index (χ1n) is 9.38. The Labute approximate surface area is 167 Å². The van der Waals surface area contributed by atoms with E-state index in [1.165, 1.54) is 12.1 Å². The molecule has 0 saturated heterocycles. The van der Waals surface area contributed by atoms with Crippen LogP contribution in [0.4, 0.5) is 15.8 Å². The number of allylic oxidation sites excluding steroid dienone is 1. The number of para-hydroxylation sites is 2. The Hall–Kier alpha value is -3.73. The van der Waals surface area contributed by atoms with Crippen LogP contribution in [0.1, 0.15) is 33.9 Å². The van der Waals surface area contributed by atoms with Crippen molar-refractivity contribution in [2.45, 2.75) is 12.5 Å². The lowest BCUT2D eigenvalue weighted by atomic mass is 9.95. The molecule has 0 fully saturated rings. The molecule has 1 atom stereocenters. The number of hydrogen-bond acceptors (Lipinski definition) is 4. The summed E-state index contributed by atoms with van der Waals surface area (Å²) in [6, 6.07) is 20.6. The molecule has 2 aliphatic rings. The highest BCUT2D eigenvalue weighted by molar-refractivity contribution is 6.36. The van der Waals surface area contributed by atoms with Crippen LogP contribution in [0.3, 0.4) is 0 Å². The number of rotatable bonds is 2. The molecule has 0 saturated carbocycles. The molecule has 3 aromatic rings. The lowest BCUT2D eigenvalue weighted by Gasteiger charge is -2.19. The molecule has 0 aromatic heterocycles. The molecule has 0 amide bonds. The first kappa shape index (κ1) is 17.4. The van der Waals surface area contributed by atoms with Gasteiger partial charge in [-0.25, -0.2) is 4.39 Å². The fourth-order valence-corrected chi connectivity index (χ4v) is 3.90. The zero-order chi connectivity index (χ0) is 20.0. The molecular formula is C24H17FN2O2. The average molecular weight is 384 g/mol. The van der Waals surface area contributed by atoms with Crippen LogP contribution >= 0.6 is 0 Å². The fourth-order valence-electron chi connectivity index (χ4n) is 3.90. The quantitative estimate of drug-likeness (QED) is 0.603. The molecule has 1 aliphatic heterocycles. The number of aliphatic hydroxyl groups is 1. The maximum Gasteiger partial charge on any atom is 0.199 e. The number of fused-ring (bicyclic) bond motifs is 2. The van der Waals surface area contributed by atoms with Crippen LogP contribution in [-0.4, -0.2) is 16.6 Å². The maximum atomic E-state index is 13.4. The van der Waals surface area contributed by atoms with Crippen molar-refractivity contribution in [1.82, 2.24) is 0 Å². The number of Topliss-reactive ketones (excluding diaryl/α,β-unsaturated/α-hetero) is 1. The molecule has 142 valence electrons. The van der Waals surface area contributed by atoms with Gasteiger partial charge in [-0.05, 0) is 29.8 Å². The van der Waals surface area contributed by atoms with Gasteiger partial charge in [0.15, 0.2) is 5.78 Å². The molecule has 4 nitrogen and oxygen atoms in total. The van der Waals surface area contributed by atoms with E-state index in [-0.39, 0.29) is 29.0 Å². The van der Waals surface area contributed by atoms with Crippen molar-refractivity contribution in [2.24, 2.45) is 4.99 Å². The van der Waals surface area contributed by atoms with E-state index in [0.29, 0.717) is 28.9 Å².